The Kier molecular flexibility index (Phi) is 3.28. The molecule has 0 aliphatic carbocycles. The molecule has 1 aromatic heterocycles. The molecule has 2 aromatic rings. The summed E-state index contributed by atoms with van der Waals surface area (Å²) in [7, 11) is 0. The van der Waals surface area contributed by atoms with Gasteiger partial charge in [-0.1, -0.05) is 12.2 Å². The van der Waals surface area contributed by atoms with Gasteiger partial charge in [0, 0.05) is 11.9 Å². The summed E-state index contributed by atoms with van der Waals surface area (Å²) in [6, 6.07) is 5.20. The number of aliphatic hydroxyl groups is 1. The van der Waals surface area contributed by atoms with Crippen LogP contribution in [-0.4, -0.2) is 14.7 Å². The number of benzene rings is 1. The third-order valence-electron chi connectivity index (χ3n) is 2.81. The van der Waals surface area contributed by atoms with Gasteiger partial charge in [-0.25, -0.2) is 4.79 Å². The number of hydrogen-bond acceptors (Lipinski definition) is 4. The zero-order valence-electron chi connectivity index (χ0n) is 9.73. The quantitative estimate of drug-likeness (QED) is 0.801. The van der Waals surface area contributed by atoms with Gasteiger partial charge in [-0.15, -0.1) is 0 Å². The van der Waals surface area contributed by atoms with Crippen molar-refractivity contribution in [2.45, 2.75) is 20.1 Å². The second-order valence-electron chi connectivity index (χ2n) is 3.80. The van der Waals surface area contributed by atoms with E-state index in [2.05, 4.69) is 4.98 Å². The number of nitrogens with zero attached hydrogens (tertiary/aromatic N) is 2. The second-order valence-corrected chi connectivity index (χ2v) is 4.19. The maximum atomic E-state index is 11.8. The Morgan fingerprint density at radius 3 is 2.83 bits per heavy atom. The highest BCUT2D eigenvalue weighted by Gasteiger charge is 2.08. The molecule has 0 saturated heterocycles. The van der Waals surface area contributed by atoms with Gasteiger partial charge in [-0.3, -0.25) is 4.57 Å². The van der Waals surface area contributed by atoms with Gasteiger partial charge < -0.3 is 10.1 Å². The highest BCUT2D eigenvalue weighted by Crippen LogP contribution is 2.18. The molecule has 0 aliphatic rings. The molecule has 5 nitrogen and oxygen atoms in total. The van der Waals surface area contributed by atoms with Crippen LogP contribution >= 0.6 is 12.2 Å². The molecule has 0 radical (unpaired) electrons. The van der Waals surface area contributed by atoms with Crippen LogP contribution in [0.1, 0.15) is 18.1 Å². The number of rotatable bonds is 2. The number of aliphatic hydroxyl groups excluding tert-OH is 1. The third-order valence-corrected chi connectivity index (χ3v) is 3.25. The van der Waals surface area contributed by atoms with E-state index < -0.39 is 0 Å². The predicted octanol–water partition coefficient (Wildman–Crippen LogP) is 1.44. The summed E-state index contributed by atoms with van der Waals surface area (Å²) in [5.41, 5.74) is 1.09. The van der Waals surface area contributed by atoms with Gasteiger partial charge in [0.25, 0.3) is 0 Å². The Bertz CT molecular complexity index is 768. The Balaban J connectivity index is 2.96. The van der Waals surface area contributed by atoms with Crippen LogP contribution in [0.4, 0.5) is 0 Å². The summed E-state index contributed by atoms with van der Waals surface area (Å²) in [5.74, 6) is 0. The number of aromatic amines is 1. The lowest BCUT2D eigenvalue weighted by Gasteiger charge is -2.07. The molecule has 0 fully saturated rings. The van der Waals surface area contributed by atoms with Crippen molar-refractivity contribution < 1.29 is 5.11 Å². The summed E-state index contributed by atoms with van der Waals surface area (Å²) in [6.07, 6.45) is 0. The Morgan fingerprint density at radius 1 is 1.56 bits per heavy atom. The summed E-state index contributed by atoms with van der Waals surface area (Å²) in [4.78, 5) is 14.4. The Hall–Kier alpha value is -1.97. The minimum Gasteiger partial charge on any atom is -0.392 e. The SMILES string of the molecule is CCn1c(=O)[nH]c2cc(CO)c(C#N)cc2c1=S. The number of aromatic nitrogens is 2. The van der Waals surface area contributed by atoms with Crippen LogP contribution in [0.15, 0.2) is 16.9 Å². The highest BCUT2D eigenvalue weighted by atomic mass is 32.1. The van der Waals surface area contributed by atoms with E-state index in [9.17, 15) is 9.90 Å². The maximum absolute atomic E-state index is 11.8. The fourth-order valence-electron chi connectivity index (χ4n) is 1.87. The number of nitriles is 1. The van der Waals surface area contributed by atoms with Gasteiger partial charge in [0.15, 0.2) is 0 Å². The van der Waals surface area contributed by atoms with Crippen LogP contribution in [0.2, 0.25) is 0 Å². The molecule has 0 unspecified atom stereocenters. The zero-order chi connectivity index (χ0) is 13.3. The molecule has 0 saturated carbocycles. The number of H-pyrrole nitrogens is 1. The number of nitrogens with one attached hydrogen (secondary N) is 1. The molecule has 0 spiro atoms. The van der Waals surface area contributed by atoms with Crippen molar-refractivity contribution in [3.63, 3.8) is 0 Å². The topological polar surface area (TPSA) is 81.8 Å². The van der Waals surface area contributed by atoms with Crippen molar-refractivity contribution in [2.24, 2.45) is 0 Å². The minimum absolute atomic E-state index is 0.254. The van der Waals surface area contributed by atoms with E-state index in [0.29, 0.717) is 33.2 Å². The Morgan fingerprint density at radius 2 is 2.28 bits per heavy atom. The smallest absolute Gasteiger partial charge is 0.326 e. The van der Waals surface area contributed by atoms with E-state index in [-0.39, 0.29) is 12.3 Å². The first-order valence-electron chi connectivity index (χ1n) is 5.43. The van der Waals surface area contributed by atoms with Crippen molar-refractivity contribution in [1.82, 2.24) is 9.55 Å². The first-order chi connectivity index (χ1) is 8.62. The molecule has 6 heteroatoms. The fourth-order valence-corrected chi connectivity index (χ4v) is 2.25. The van der Waals surface area contributed by atoms with Gasteiger partial charge in [-0.05, 0) is 24.6 Å². The number of fused-ring (bicyclic) bond motifs is 1. The summed E-state index contributed by atoms with van der Waals surface area (Å²) >= 11 is 5.24. The predicted molar refractivity (Wildman–Crippen MR) is 69.7 cm³/mol. The Labute approximate surface area is 108 Å². The summed E-state index contributed by atoms with van der Waals surface area (Å²) < 4.78 is 1.83. The van der Waals surface area contributed by atoms with Gasteiger partial charge in [0.2, 0.25) is 0 Å². The first-order valence-corrected chi connectivity index (χ1v) is 5.84. The lowest BCUT2D eigenvalue weighted by Crippen LogP contribution is -2.22. The van der Waals surface area contributed by atoms with Gasteiger partial charge >= 0.3 is 5.69 Å². The normalized spacial score (nSPS) is 10.5. The minimum atomic E-state index is -0.288. The van der Waals surface area contributed by atoms with E-state index >= 15 is 0 Å². The molecule has 2 N–H and O–H groups in total. The standard InChI is InChI=1S/C12H11N3O2S/c1-2-15-11(18)9-3-7(5-13)8(6-16)4-10(9)14-12(15)17/h3-4,16H,2,6H2,1H3,(H,14,17). The largest absolute Gasteiger partial charge is 0.392 e. The van der Waals surface area contributed by atoms with Gasteiger partial charge in [-0.2, -0.15) is 5.26 Å². The summed E-state index contributed by atoms with van der Waals surface area (Å²) in [5, 5.41) is 18.8. The molecule has 0 aliphatic heterocycles. The molecule has 1 aromatic carbocycles. The lowest BCUT2D eigenvalue weighted by molar-refractivity contribution is 0.281. The average molecular weight is 261 g/mol. The molecule has 0 amide bonds. The zero-order valence-corrected chi connectivity index (χ0v) is 10.5. The first kappa shape index (κ1) is 12.5. The van der Waals surface area contributed by atoms with E-state index in [4.69, 9.17) is 17.5 Å². The van der Waals surface area contributed by atoms with Crippen molar-refractivity contribution >= 4 is 23.1 Å². The molecule has 0 atom stereocenters. The van der Waals surface area contributed by atoms with Crippen molar-refractivity contribution in [3.8, 4) is 6.07 Å². The highest BCUT2D eigenvalue weighted by molar-refractivity contribution is 7.71. The summed E-state index contributed by atoms with van der Waals surface area (Å²) in [6.45, 7) is 2.04. The molecule has 1 heterocycles. The number of hydrogen-bond donors (Lipinski definition) is 2. The van der Waals surface area contributed by atoms with E-state index in [0.717, 1.165) is 0 Å². The molecule has 0 bridgehead atoms. The third kappa shape index (κ3) is 1.83. The fraction of sp³-hybridized carbons (Fsp3) is 0.250. The molecule has 2 rings (SSSR count). The van der Waals surface area contributed by atoms with Gasteiger partial charge in [0.1, 0.15) is 4.64 Å². The van der Waals surface area contributed by atoms with Crippen molar-refractivity contribution in [3.05, 3.63) is 38.4 Å². The van der Waals surface area contributed by atoms with Crippen LogP contribution in [0.3, 0.4) is 0 Å². The van der Waals surface area contributed by atoms with Gasteiger partial charge in [0.05, 0.1) is 23.8 Å². The van der Waals surface area contributed by atoms with E-state index in [1.54, 1.807) is 12.1 Å². The molecular formula is C12H11N3O2S. The van der Waals surface area contributed by atoms with E-state index in [1.165, 1.54) is 4.57 Å². The maximum Gasteiger partial charge on any atom is 0.326 e. The second kappa shape index (κ2) is 4.72. The monoisotopic (exact) mass is 261 g/mol. The molecule has 92 valence electrons. The van der Waals surface area contributed by atoms with Crippen LogP contribution in [-0.2, 0) is 13.2 Å². The van der Waals surface area contributed by atoms with Crippen LogP contribution in [0.25, 0.3) is 10.9 Å². The average Bonchev–Trinajstić information content (AvgIpc) is 2.37. The van der Waals surface area contributed by atoms with Crippen molar-refractivity contribution in [2.75, 3.05) is 0 Å². The van der Waals surface area contributed by atoms with Crippen molar-refractivity contribution in [1.29, 1.82) is 5.26 Å². The molecule has 18 heavy (non-hydrogen) atoms. The van der Waals surface area contributed by atoms with E-state index in [1.807, 2.05) is 13.0 Å². The van der Waals surface area contributed by atoms with Crippen LogP contribution < -0.4 is 5.69 Å². The lowest BCUT2D eigenvalue weighted by atomic mass is 10.1. The van der Waals surface area contributed by atoms with Crippen LogP contribution in [0, 0.1) is 16.0 Å². The van der Waals surface area contributed by atoms with Crippen LogP contribution in [0.5, 0.6) is 0 Å². The molecular weight excluding hydrogens is 250 g/mol.